The van der Waals surface area contributed by atoms with Crippen molar-refractivity contribution in [3.63, 3.8) is 0 Å². The van der Waals surface area contributed by atoms with Gasteiger partial charge < -0.3 is 15.1 Å². The molecule has 3 atom stereocenters. The molecule has 212 valence electrons. The lowest BCUT2D eigenvalue weighted by Crippen LogP contribution is -2.54. The number of amides is 2. The number of aromatic nitrogens is 1. The Morgan fingerprint density at radius 2 is 1.80 bits per heavy atom. The maximum absolute atomic E-state index is 14.4. The minimum atomic E-state index is -0.861. The highest BCUT2D eigenvalue weighted by molar-refractivity contribution is 6.34. The third-order valence-corrected chi connectivity index (χ3v) is 8.35. The minimum absolute atomic E-state index is 0.0487. The van der Waals surface area contributed by atoms with Gasteiger partial charge in [-0.2, -0.15) is 0 Å². The number of ketones is 1. The fraction of sp³-hybridized carbons (Fsp3) is 0.312. The molecule has 0 radical (unpaired) electrons. The van der Waals surface area contributed by atoms with Crippen LogP contribution in [0.4, 0.5) is 0 Å². The van der Waals surface area contributed by atoms with Crippen molar-refractivity contribution in [2.45, 2.75) is 57.5 Å². The maximum Gasteiger partial charge on any atom is 0.266 e. The van der Waals surface area contributed by atoms with E-state index >= 15 is 0 Å². The first-order valence-corrected chi connectivity index (χ1v) is 14.6. The summed E-state index contributed by atoms with van der Waals surface area (Å²) in [5.74, 6) is -1.38. The topological polar surface area (TPSA) is 106 Å². The van der Waals surface area contributed by atoms with E-state index in [1.807, 2.05) is 31.2 Å². The fourth-order valence-electron chi connectivity index (χ4n) is 5.89. The molecule has 1 aliphatic rings. The predicted octanol–water partition coefficient (Wildman–Crippen LogP) is 7.34. The fourth-order valence-corrected chi connectivity index (χ4v) is 6.37. The van der Waals surface area contributed by atoms with Crippen LogP contribution >= 0.6 is 23.2 Å². The lowest BCUT2D eigenvalue weighted by molar-refractivity contribution is -0.119. The van der Waals surface area contributed by atoms with Gasteiger partial charge >= 0.3 is 0 Å². The van der Waals surface area contributed by atoms with E-state index in [2.05, 4.69) is 4.98 Å². The zero-order valence-corrected chi connectivity index (χ0v) is 24.2. The van der Waals surface area contributed by atoms with Crippen LogP contribution in [0.1, 0.15) is 66.5 Å². The predicted molar refractivity (Wildman–Crippen MR) is 160 cm³/mol. The van der Waals surface area contributed by atoms with E-state index in [-0.39, 0.29) is 36.0 Å². The SMILES string of the molecule is CC[C@@H](C(=O)c1nc2ccccc2o1)N(C(=O)c1ccc(-c2cccc(Cl)c2)c(Cl)c1)C1CCCCC1CC(N)=O. The van der Waals surface area contributed by atoms with E-state index in [4.69, 9.17) is 33.4 Å². The molecule has 1 aliphatic carbocycles. The number of nitrogens with two attached hydrogens (primary N) is 1. The quantitative estimate of drug-likeness (QED) is 0.205. The summed E-state index contributed by atoms with van der Waals surface area (Å²) in [6.07, 6.45) is 3.64. The molecule has 4 aromatic rings. The third-order valence-electron chi connectivity index (χ3n) is 7.81. The van der Waals surface area contributed by atoms with Gasteiger partial charge in [0.05, 0.1) is 0 Å². The summed E-state index contributed by atoms with van der Waals surface area (Å²) in [5.41, 5.74) is 8.58. The standard InChI is InChI=1S/C32H31Cl2N3O4/c1-2-26(30(39)31-36-25-11-4-6-13-28(25)41-31)37(27-12-5-3-8-20(27)18-29(35)38)32(40)21-14-15-23(24(34)17-21)19-9-7-10-22(33)16-19/h4,6-7,9-11,13-17,20,26-27H,2-3,5,8,12,18H2,1H3,(H2,35,38)/t20?,26-,27?/m0/s1. The molecule has 1 aromatic heterocycles. The molecule has 0 spiro atoms. The number of para-hydroxylation sites is 2. The van der Waals surface area contributed by atoms with E-state index < -0.39 is 11.9 Å². The number of carbonyl (C=O) groups excluding carboxylic acids is 3. The largest absolute Gasteiger partial charge is 0.434 e. The van der Waals surface area contributed by atoms with Crippen molar-refractivity contribution < 1.29 is 18.8 Å². The Morgan fingerprint density at radius 3 is 2.51 bits per heavy atom. The molecule has 9 heteroatoms. The summed E-state index contributed by atoms with van der Waals surface area (Å²) in [4.78, 5) is 46.4. The van der Waals surface area contributed by atoms with Crippen LogP contribution in [0.5, 0.6) is 0 Å². The second kappa shape index (κ2) is 12.5. The van der Waals surface area contributed by atoms with Crippen LogP contribution in [0, 0.1) is 5.92 Å². The first-order chi connectivity index (χ1) is 19.8. The molecule has 0 bridgehead atoms. The van der Waals surface area contributed by atoms with Crippen molar-refractivity contribution in [3.05, 3.63) is 88.2 Å². The molecule has 1 saturated carbocycles. The number of primary amides is 1. The Balaban J connectivity index is 1.55. The van der Waals surface area contributed by atoms with Crippen molar-refractivity contribution in [2.75, 3.05) is 0 Å². The maximum atomic E-state index is 14.4. The number of nitrogens with zero attached hydrogens (tertiary/aromatic N) is 2. The van der Waals surface area contributed by atoms with E-state index in [0.29, 0.717) is 39.6 Å². The highest BCUT2D eigenvalue weighted by atomic mass is 35.5. The van der Waals surface area contributed by atoms with Crippen LogP contribution in [0.15, 0.2) is 71.1 Å². The molecule has 7 nitrogen and oxygen atoms in total. The molecule has 1 fully saturated rings. The molecule has 0 aliphatic heterocycles. The van der Waals surface area contributed by atoms with Crippen LogP contribution in [0.3, 0.4) is 0 Å². The monoisotopic (exact) mass is 591 g/mol. The van der Waals surface area contributed by atoms with Gasteiger partial charge in [0.15, 0.2) is 5.58 Å². The highest BCUT2D eigenvalue weighted by Gasteiger charge is 2.41. The highest BCUT2D eigenvalue weighted by Crippen LogP contribution is 2.36. The first-order valence-electron chi connectivity index (χ1n) is 13.8. The number of fused-ring (bicyclic) bond motifs is 1. The Kier molecular flexibility index (Phi) is 8.76. The molecule has 41 heavy (non-hydrogen) atoms. The van der Waals surface area contributed by atoms with Crippen LogP contribution < -0.4 is 5.73 Å². The van der Waals surface area contributed by atoms with Gasteiger partial charge in [-0.15, -0.1) is 0 Å². The number of halogens is 2. The van der Waals surface area contributed by atoms with Crippen LogP contribution in [-0.2, 0) is 4.79 Å². The number of hydrogen-bond donors (Lipinski definition) is 1. The lowest BCUT2D eigenvalue weighted by atomic mass is 9.80. The van der Waals surface area contributed by atoms with Gasteiger partial charge in [-0.1, -0.05) is 73.3 Å². The molecular formula is C32H31Cl2N3O4. The average molecular weight is 593 g/mol. The molecule has 0 saturated heterocycles. The summed E-state index contributed by atoms with van der Waals surface area (Å²) in [6.45, 7) is 1.85. The second-order valence-corrected chi connectivity index (χ2v) is 11.3. The average Bonchev–Trinajstić information content (AvgIpc) is 3.40. The lowest BCUT2D eigenvalue weighted by Gasteiger charge is -2.43. The van der Waals surface area contributed by atoms with Crippen LogP contribution in [0.2, 0.25) is 10.0 Å². The van der Waals surface area contributed by atoms with Crippen LogP contribution in [-0.4, -0.2) is 39.6 Å². The Bertz CT molecular complexity index is 1570. The number of rotatable bonds is 9. The summed E-state index contributed by atoms with van der Waals surface area (Å²) in [7, 11) is 0. The Labute approximate surface area is 248 Å². The van der Waals surface area contributed by atoms with Crippen molar-refractivity contribution in [1.29, 1.82) is 0 Å². The first kappa shape index (κ1) is 28.8. The number of benzene rings is 3. The third kappa shape index (κ3) is 6.16. The number of hydrogen-bond acceptors (Lipinski definition) is 5. The summed E-state index contributed by atoms with van der Waals surface area (Å²) < 4.78 is 5.82. The van der Waals surface area contributed by atoms with Gasteiger partial charge in [0.25, 0.3) is 11.8 Å². The van der Waals surface area contributed by atoms with Gasteiger partial charge in [0.2, 0.25) is 11.7 Å². The number of oxazole rings is 1. The van der Waals surface area contributed by atoms with Crippen molar-refractivity contribution in [1.82, 2.24) is 9.88 Å². The van der Waals surface area contributed by atoms with Crippen molar-refractivity contribution in [3.8, 4) is 11.1 Å². The van der Waals surface area contributed by atoms with Gasteiger partial charge in [0.1, 0.15) is 11.6 Å². The molecule has 5 rings (SSSR count). The number of Topliss-reactive ketones (excluding diaryl/α,β-unsaturated/α-hetero) is 1. The van der Waals surface area contributed by atoms with Gasteiger partial charge in [-0.25, -0.2) is 4.98 Å². The Morgan fingerprint density at radius 1 is 1.02 bits per heavy atom. The van der Waals surface area contributed by atoms with Crippen LogP contribution in [0.25, 0.3) is 22.2 Å². The molecule has 2 amide bonds. The second-order valence-electron chi connectivity index (χ2n) is 10.5. The zero-order valence-electron chi connectivity index (χ0n) is 22.7. The summed E-state index contributed by atoms with van der Waals surface area (Å²) in [6, 6.07) is 18.3. The Hall–Kier alpha value is -3.68. The molecule has 1 heterocycles. The number of carbonyl (C=O) groups is 3. The van der Waals surface area contributed by atoms with Gasteiger partial charge in [-0.05, 0) is 67.1 Å². The zero-order chi connectivity index (χ0) is 29.1. The van der Waals surface area contributed by atoms with Crippen molar-refractivity contribution in [2.24, 2.45) is 11.7 Å². The van der Waals surface area contributed by atoms with E-state index in [1.54, 1.807) is 47.4 Å². The molecule has 2 N–H and O–H groups in total. The van der Waals surface area contributed by atoms with E-state index in [1.165, 1.54) is 0 Å². The van der Waals surface area contributed by atoms with Gasteiger partial charge in [0, 0.05) is 33.6 Å². The van der Waals surface area contributed by atoms with Crippen molar-refractivity contribution >= 4 is 51.9 Å². The molecule has 3 aromatic carbocycles. The van der Waals surface area contributed by atoms with E-state index in [9.17, 15) is 14.4 Å². The van der Waals surface area contributed by atoms with E-state index in [0.717, 1.165) is 30.4 Å². The molecular weight excluding hydrogens is 561 g/mol. The summed E-state index contributed by atoms with van der Waals surface area (Å²) in [5, 5.41) is 0.958. The minimum Gasteiger partial charge on any atom is -0.434 e. The summed E-state index contributed by atoms with van der Waals surface area (Å²) >= 11 is 12.9. The van der Waals surface area contributed by atoms with Gasteiger partial charge in [-0.3, -0.25) is 14.4 Å². The molecule has 2 unspecified atom stereocenters. The normalized spacial score (nSPS) is 17.7. The smallest absolute Gasteiger partial charge is 0.266 e.